The summed E-state index contributed by atoms with van der Waals surface area (Å²) in [5.41, 5.74) is 8.08. The second kappa shape index (κ2) is 3.23. The van der Waals surface area contributed by atoms with E-state index in [1.165, 1.54) is 5.56 Å². The summed E-state index contributed by atoms with van der Waals surface area (Å²) in [6.07, 6.45) is 2.69. The van der Waals surface area contributed by atoms with E-state index in [9.17, 15) is 0 Å². The molecular formula is C10H16N2. The summed E-state index contributed by atoms with van der Waals surface area (Å²) in [6, 6.07) is 4.03. The Bertz CT molecular complexity index is 261. The van der Waals surface area contributed by atoms with Gasteiger partial charge in [0.1, 0.15) is 0 Å². The molecule has 66 valence electrons. The van der Waals surface area contributed by atoms with Gasteiger partial charge in [-0.05, 0) is 38.8 Å². The highest BCUT2D eigenvalue weighted by Crippen LogP contribution is 2.11. The molecule has 0 aliphatic heterocycles. The van der Waals surface area contributed by atoms with Gasteiger partial charge in [0.15, 0.2) is 0 Å². The first kappa shape index (κ1) is 9.20. The molecule has 1 aromatic heterocycles. The van der Waals surface area contributed by atoms with Crippen molar-refractivity contribution in [3.8, 4) is 0 Å². The van der Waals surface area contributed by atoms with Gasteiger partial charge in [-0.15, -0.1) is 0 Å². The van der Waals surface area contributed by atoms with Crippen LogP contribution in [0.2, 0.25) is 0 Å². The lowest BCUT2D eigenvalue weighted by atomic mass is 9.96. The van der Waals surface area contributed by atoms with Crippen LogP contribution in [0, 0.1) is 6.92 Å². The summed E-state index contributed by atoms with van der Waals surface area (Å²) in [7, 11) is 0. The first-order chi connectivity index (χ1) is 5.49. The Labute approximate surface area is 73.8 Å². The van der Waals surface area contributed by atoms with Gasteiger partial charge >= 0.3 is 0 Å². The van der Waals surface area contributed by atoms with Crippen molar-refractivity contribution in [2.75, 3.05) is 0 Å². The maximum Gasteiger partial charge on any atom is 0.0405 e. The van der Waals surface area contributed by atoms with Crippen LogP contribution in [0.25, 0.3) is 0 Å². The molecule has 0 bridgehead atoms. The van der Waals surface area contributed by atoms with Crippen molar-refractivity contribution in [3.63, 3.8) is 0 Å². The zero-order chi connectivity index (χ0) is 9.19. The lowest BCUT2D eigenvalue weighted by Gasteiger charge is -2.18. The third-order valence-corrected chi connectivity index (χ3v) is 1.76. The Hall–Kier alpha value is -0.890. The summed E-state index contributed by atoms with van der Waals surface area (Å²) in [5.74, 6) is 0. The summed E-state index contributed by atoms with van der Waals surface area (Å²) < 4.78 is 0. The van der Waals surface area contributed by atoms with E-state index >= 15 is 0 Å². The van der Waals surface area contributed by atoms with Crippen molar-refractivity contribution in [2.45, 2.75) is 32.7 Å². The van der Waals surface area contributed by atoms with Gasteiger partial charge in [-0.2, -0.15) is 0 Å². The number of pyridine rings is 1. The second-order valence-electron chi connectivity index (χ2n) is 3.91. The monoisotopic (exact) mass is 164 g/mol. The summed E-state index contributed by atoms with van der Waals surface area (Å²) in [6.45, 7) is 6.07. The van der Waals surface area contributed by atoms with E-state index in [1.807, 2.05) is 33.0 Å². The van der Waals surface area contributed by atoms with E-state index in [-0.39, 0.29) is 5.54 Å². The van der Waals surface area contributed by atoms with Crippen molar-refractivity contribution in [1.82, 2.24) is 4.98 Å². The van der Waals surface area contributed by atoms with Gasteiger partial charge in [0.25, 0.3) is 0 Å². The molecule has 0 saturated carbocycles. The van der Waals surface area contributed by atoms with E-state index in [0.29, 0.717) is 0 Å². The SMILES string of the molecule is Cc1ncccc1CC(C)(C)N. The minimum absolute atomic E-state index is 0.145. The van der Waals surface area contributed by atoms with Crippen LogP contribution in [0.3, 0.4) is 0 Å². The Balaban J connectivity index is 2.83. The third-order valence-electron chi connectivity index (χ3n) is 1.76. The standard InChI is InChI=1S/C10H16N2/c1-8-9(5-4-6-12-8)7-10(2,3)11/h4-6H,7,11H2,1-3H3. The molecule has 0 aliphatic carbocycles. The zero-order valence-electron chi connectivity index (χ0n) is 7.96. The Morgan fingerprint density at radius 3 is 2.67 bits per heavy atom. The first-order valence-electron chi connectivity index (χ1n) is 4.18. The van der Waals surface area contributed by atoms with Crippen LogP contribution in [0.1, 0.15) is 25.1 Å². The molecule has 0 amide bonds. The fourth-order valence-corrected chi connectivity index (χ4v) is 1.20. The van der Waals surface area contributed by atoms with Crippen molar-refractivity contribution >= 4 is 0 Å². The molecule has 0 saturated heterocycles. The molecule has 1 aromatic rings. The van der Waals surface area contributed by atoms with E-state index in [1.54, 1.807) is 0 Å². The minimum Gasteiger partial charge on any atom is -0.325 e. The van der Waals surface area contributed by atoms with Gasteiger partial charge in [-0.1, -0.05) is 6.07 Å². The van der Waals surface area contributed by atoms with E-state index < -0.39 is 0 Å². The molecule has 0 radical (unpaired) electrons. The Kier molecular flexibility index (Phi) is 2.48. The number of aromatic nitrogens is 1. The Morgan fingerprint density at radius 1 is 1.50 bits per heavy atom. The lowest BCUT2D eigenvalue weighted by molar-refractivity contribution is 0.514. The number of nitrogens with zero attached hydrogens (tertiary/aromatic N) is 1. The van der Waals surface area contributed by atoms with Crippen molar-refractivity contribution in [3.05, 3.63) is 29.6 Å². The number of aryl methyl sites for hydroxylation is 1. The molecule has 1 rings (SSSR count). The van der Waals surface area contributed by atoms with Gasteiger partial charge in [0, 0.05) is 17.4 Å². The number of nitrogens with two attached hydrogens (primary N) is 1. The van der Waals surface area contributed by atoms with Gasteiger partial charge in [-0.25, -0.2) is 0 Å². The zero-order valence-corrected chi connectivity index (χ0v) is 7.96. The number of hydrogen-bond donors (Lipinski definition) is 1. The molecule has 0 unspecified atom stereocenters. The summed E-state index contributed by atoms with van der Waals surface area (Å²) >= 11 is 0. The predicted octanol–water partition coefficient (Wildman–Crippen LogP) is 1.67. The van der Waals surface area contributed by atoms with Crippen molar-refractivity contribution in [1.29, 1.82) is 0 Å². The topological polar surface area (TPSA) is 38.9 Å². The molecule has 2 heteroatoms. The molecule has 0 atom stereocenters. The van der Waals surface area contributed by atoms with Crippen LogP contribution in [0.15, 0.2) is 18.3 Å². The van der Waals surface area contributed by atoms with Gasteiger partial charge in [0.2, 0.25) is 0 Å². The molecule has 2 N–H and O–H groups in total. The predicted molar refractivity (Wildman–Crippen MR) is 50.9 cm³/mol. The average molecular weight is 164 g/mol. The van der Waals surface area contributed by atoms with Crippen LogP contribution in [-0.2, 0) is 6.42 Å². The molecule has 1 heterocycles. The minimum atomic E-state index is -0.145. The average Bonchev–Trinajstić information content (AvgIpc) is 1.91. The van der Waals surface area contributed by atoms with Crippen LogP contribution in [0.4, 0.5) is 0 Å². The molecule has 0 aliphatic rings. The number of rotatable bonds is 2. The van der Waals surface area contributed by atoms with Crippen LogP contribution < -0.4 is 5.73 Å². The molecule has 12 heavy (non-hydrogen) atoms. The molecule has 0 spiro atoms. The Morgan fingerprint density at radius 2 is 2.17 bits per heavy atom. The van der Waals surface area contributed by atoms with E-state index in [4.69, 9.17) is 5.73 Å². The third kappa shape index (κ3) is 2.62. The fraction of sp³-hybridized carbons (Fsp3) is 0.500. The van der Waals surface area contributed by atoms with Crippen molar-refractivity contribution < 1.29 is 0 Å². The highest BCUT2D eigenvalue weighted by Gasteiger charge is 2.12. The van der Waals surface area contributed by atoms with Crippen molar-refractivity contribution in [2.24, 2.45) is 5.73 Å². The maximum absolute atomic E-state index is 5.91. The van der Waals surface area contributed by atoms with Crippen LogP contribution >= 0.6 is 0 Å². The fourth-order valence-electron chi connectivity index (χ4n) is 1.20. The molecular weight excluding hydrogens is 148 g/mol. The maximum atomic E-state index is 5.91. The largest absolute Gasteiger partial charge is 0.325 e. The normalized spacial score (nSPS) is 11.7. The lowest BCUT2D eigenvalue weighted by Crippen LogP contribution is -2.34. The van der Waals surface area contributed by atoms with E-state index in [2.05, 4.69) is 11.1 Å². The quantitative estimate of drug-likeness (QED) is 0.722. The molecule has 0 fully saturated rings. The highest BCUT2D eigenvalue weighted by atomic mass is 14.7. The first-order valence-corrected chi connectivity index (χ1v) is 4.18. The smallest absolute Gasteiger partial charge is 0.0405 e. The number of hydrogen-bond acceptors (Lipinski definition) is 2. The summed E-state index contributed by atoms with van der Waals surface area (Å²) in [5, 5.41) is 0. The summed E-state index contributed by atoms with van der Waals surface area (Å²) in [4.78, 5) is 4.21. The molecule has 2 nitrogen and oxygen atoms in total. The van der Waals surface area contributed by atoms with Gasteiger partial charge in [-0.3, -0.25) is 4.98 Å². The molecule has 0 aromatic carbocycles. The second-order valence-corrected chi connectivity index (χ2v) is 3.91. The van der Waals surface area contributed by atoms with E-state index in [0.717, 1.165) is 12.1 Å². The van der Waals surface area contributed by atoms with Gasteiger partial charge in [0.05, 0.1) is 0 Å². The van der Waals surface area contributed by atoms with Gasteiger partial charge < -0.3 is 5.73 Å². The van der Waals surface area contributed by atoms with Crippen LogP contribution in [0.5, 0.6) is 0 Å². The van der Waals surface area contributed by atoms with Crippen LogP contribution in [-0.4, -0.2) is 10.5 Å². The highest BCUT2D eigenvalue weighted by molar-refractivity contribution is 5.20.